The first-order valence-electron chi connectivity index (χ1n) is 4.92. The quantitative estimate of drug-likeness (QED) is 0.692. The van der Waals surface area contributed by atoms with E-state index in [1.165, 1.54) is 0 Å². The van der Waals surface area contributed by atoms with Gasteiger partial charge in [-0.2, -0.15) is 0 Å². The summed E-state index contributed by atoms with van der Waals surface area (Å²) in [6.45, 7) is 3.96. The highest BCUT2D eigenvalue weighted by Crippen LogP contribution is 2.33. The molecule has 88 valence electrons. The second kappa shape index (κ2) is 4.34. The molecule has 0 aliphatic carbocycles. The Kier molecular flexibility index (Phi) is 3.72. The summed E-state index contributed by atoms with van der Waals surface area (Å²) in [5.41, 5.74) is 0. The Morgan fingerprint density at radius 1 is 1.27 bits per heavy atom. The molecule has 0 bridgehead atoms. The molecule has 1 amide bonds. The first kappa shape index (κ1) is 12.9. The fourth-order valence-electron chi connectivity index (χ4n) is 1.95. The van der Waals surface area contributed by atoms with Crippen molar-refractivity contribution in [1.82, 2.24) is 4.23 Å². The van der Waals surface area contributed by atoms with Crippen molar-refractivity contribution in [2.24, 2.45) is 0 Å². The van der Waals surface area contributed by atoms with Crippen LogP contribution in [0.25, 0.3) is 0 Å². The largest absolute Gasteiger partial charge is 0.455 e. The molecule has 1 saturated heterocycles. The molecule has 15 heavy (non-hydrogen) atoms. The highest BCUT2D eigenvalue weighted by Gasteiger charge is 2.58. The van der Waals surface area contributed by atoms with E-state index in [0.29, 0.717) is 12.5 Å². The first-order valence-corrected chi connectivity index (χ1v) is 9.75. The van der Waals surface area contributed by atoms with Crippen molar-refractivity contribution >= 4 is 23.1 Å². The van der Waals surface area contributed by atoms with E-state index in [1.807, 2.05) is 13.1 Å². The lowest BCUT2D eigenvalue weighted by atomic mass is 10.5. The Balaban J connectivity index is 3.05. The second-order valence-electron chi connectivity index (χ2n) is 4.00. The minimum absolute atomic E-state index is 0.101. The maximum Gasteiger partial charge on any atom is 0.455 e. The van der Waals surface area contributed by atoms with Crippen LogP contribution in [-0.2, 0) is 18.1 Å². The molecule has 0 N–H and O–H groups in total. The highest BCUT2D eigenvalue weighted by molar-refractivity contribution is 6.87. The van der Waals surface area contributed by atoms with Crippen LogP contribution in [0.2, 0.25) is 19.1 Å². The molecule has 5 nitrogen and oxygen atoms in total. The molecule has 0 aromatic heterocycles. The Morgan fingerprint density at radius 2 is 1.80 bits per heavy atom. The number of amides is 1. The second-order valence-corrected chi connectivity index (χ2v) is 11.4. The molecule has 7 heteroatoms. The monoisotopic (exact) mass is 249 g/mol. The Hall–Kier alpha value is -0.216. The zero-order valence-electron chi connectivity index (χ0n) is 9.99. The van der Waals surface area contributed by atoms with E-state index in [0.717, 1.165) is 0 Å². The van der Waals surface area contributed by atoms with Crippen LogP contribution in [0.1, 0.15) is 6.42 Å². The Morgan fingerprint density at radius 3 is 2.20 bits per heavy atom. The minimum atomic E-state index is -2.51. The number of carbonyl (C=O) groups is 1. The molecule has 0 radical (unpaired) electrons. The van der Waals surface area contributed by atoms with E-state index in [1.54, 1.807) is 25.6 Å². The number of carbonyl (C=O) groups excluding carboxylic acids is 1. The van der Waals surface area contributed by atoms with Crippen LogP contribution in [0.3, 0.4) is 0 Å². The minimum Gasteiger partial charge on any atom is -0.403 e. The smallest absolute Gasteiger partial charge is 0.403 e. The van der Waals surface area contributed by atoms with Crippen molar-refractivity contribution in [1.29, 1.82) is 0 Å². The lowest BCUT2D eigenvalue weighted by Crippen LogP contribution is -2.66. The molecule has 0 aromatic carbocycles. The van der Waals surface area contributed by atoms with Crippen LogP contribution >= 0.6 is 0 Å². The maximum atomic E-state index is 11.9. The molecule has 0 unspecified atom stereocenters. The van der Waals surface area contributed by atoms with Gasteiger partial charge in [-0.1, -0.05) is 0 Å². The molecular formula is C8H19NO4Si2. The predicted octanol–water partition coefficient (Wildman–Crippen LogP) is 0.799. The van der Waals surface area contributed by atoms with Gasteiger partial charge in [0.1, 0.15) is 0 Å². The third-order valence-electron chi connectivity index (χ3n) is 2.92. The summed E-state index contributed by atoms with van der Waals surface area (Å²) in [6.07, 6.45) is 0.508. The fraction of sp³-hybridized carbons (Fsp3) is 0.875. The first-order chi connectivity index (χ1) is 6.93. The van der Waals surface area contributed by atoms with E-state index < -0.39 is 17.2 Å². The van der Waals surface area contributed by atoms with Gasteiger partial charge in [0, 0.05) is 33.8 Å². The Labute approximate surface area is 92.8 Å². The van der Waals surface area contributed by atoms with Crippen LogP contribution < -0.4 is 0 Å². The summed E-state index contributed by atoms with van der Waals surface area (Å²) in [7, 11) is 0.169. The van der Waals surface area contributed by atoms with Crippen LogP contribution in [0.5, 0.6) is 0 Å². The standard InChI is InChI=1S/C8H19NO4Si2/c1-11-14(4,5)9-8(10)6-7-15(9,12-2)13-3/h6-7H2,1-5H3. The molecule has 0 saturated carbocycles. The third-order valence-corrected chi connectivity index (χ3v) is 11.0. The van der Waals surface area contributed by atoms with Gasteiger partial charge in [-0.3, -0.25) is 4.79 Å². The Bertz CT molecular complexity index is 255. The van der Waals surface area contributed by atoms with Gasteiger partial charge in [0.15, 0.2) is 0 Å². The van der Waals surface area contributed by atoms with Crippen molar-refractivity contribution in [2.45, 2.75) is 25.6 Å². The molecule has 1 aliphatic heterocycles. The zero-order chi connectivity index (χ0) is 11.7. The molecule has 1 heterocycles. The van der Waals surface area contributed by atoms with Crippen molar-refractivity contribution < 1.29 is 18.1 Å². The van der Waals surface area contributed by atoms with Crippen LogP contribution in [-0.4, -0.2) is 48.7 Å². The topological polar surface area (TPSA) is 48.0 Å². The van der Waals surface area contributed by atoms with Crippen molar-refractivity contribution in [2.75, 3.05) is 21.3 Å². The van der Waals surface area contributed by atoms with Crippen LogP contribution in [0, 0.1) is 0 Å². The van der Waals surface area contributed by atoms with Crippen molar-refractivity contribution in [3.05, 3.63) is 0 Å². The summed E-state index contributed by atoms with van der Waals surface area (Å²) in [4.78, 5) is 11.9. The summed E-state index contributed by atoms with van der Waals surface area (Å²) in [6, 6.07) is 0.693. The molecule has 1 fully saturated rings. The third kappa shape index (κ3) is 2.02. The van der Waals surface area contributed by atoms with Gasteiger partial charge in [0.25, 0.3) is 8.48 Å². The summed E-state index contributed by atoms with van der Waals surface area (Å²) in [5.74, 6) is 0.101. The summed E-state index contributed by atoms with van der Waals surface area (Å²) in [5, 5.41) is 0. The van der Waals surface area contributed by atoms with E-state index >= 15 is 0 Å². The van der Waals surface area contributed by atoms with Crippen LogP contribution in [0.15, 0.2) is 0 Å². The van der Waals surface area contributed by atoms with Crippen LogP contribution in [0.4, 0.5) is 0 Å². The van der Waals surface area contributed by atoms with Gasteiger partial charge in [-0.15, -0.1) is 0 Å². The zero-order valence-corrected chi connectivity index (χ0v) is 12.0. The number of rotatable bonds is 4. The average molecular weight is 249 g/mol. The van der Waals surface area contributed by atoms with E-state index in [-0.39, 0.29) is 5.91 Å². The number of hydrogen-bond acceptors (Lipinski definition) is 4. The normalized spacial score (nSPS) is 21.1. The molecular weight excluding hydrogens is 230 g/mol. The highest BCUT2D eigenvalue weighted by atomic mass is 28.4. The summed E-state index contributed by atoms with van der Waals surface area (Å²) >= 11 is 0. The van der Waals surface area contributed by atoms with E-state index in [2.05, 4.69) is 0 Å². The van der Waals surface area contributed by atoms with E-state index in [4.69, 9.17) is 13.3 Å². The van der Waals surface area contributed by atoms with Gasteiger partial charge in [-0.05, 0) is 13.1 Å². The average Bonchev–Trinajstić information content (AvgIpc) is 2.57. The van der Waals surface area contributed by atoms with Gasteiger partial charge >= 0.3 is 8.72 Å². The van der Waals surface area contributed by atoms with Gasteiger partial charge in [-0.25, -0.2) is 0 Å². The molecule has 0 spiro atoms. The van der Waals surface area contributed by atoms with E-state index in [9.17, 15) is 4.79 Å². The van der Waals surface area contributed by atoms with Gasteiger partial charge < -0.3 is 17.5 Å². The maximum absolute atomic E-state index is 11.9. The number of hydrogen-bond donors (Lipinski definition) is 0. The number of nitrogens with zero attached hydrogens (tertiary/aromatic N) is 1. The van der Waals surface area contributed by atoms with Crippen molar-refractivity contribution in [3.63, 3.8) is 0 Å². The predicted molar refractivity (Wildman–Crippen MR) is 60.5 cm³/mol. The SMILES string of the molecule is CO[Si](C)(C)N1C(=O)CC[Si]1(OC)OC. The molecule has 1 rings (SSSR count). The molecule has 0 aromatic rings. The summed E-state index contributed by atoms with van der Waals surface area (Å²) < 4.78 is 18.3. The van der Waals surface area contributed by atoms with Crippen molar-refractivity contribution in [3.8, 4) is 0 Å². The fourth-order valence-corrected chi connectivity index (χ4v) is 9.47. The molecule has 0 atom stereocenters. The molecule has 1 aliphatic rings. The lowest BCUT2D eigenvalue weighted by Gasteiger charge is -2.40. The van der Waals surface area contributed by atoms with Gasteiger partial charge in [0.05, 0.1) is 0 Å². The lowest BCUT2D eigenvalue weighted by molar-refractivity contribution is -0.123. The van der Waals surface area contributed by atoms with Gasteiger partial charge in [0.2, 0.25) is 5.91 Å².